The smallest absolute Gasteiger partial charge is 0.0521 e. The summed E-state index contributed by atoms with van der Waals surface area (Å²) in [5.41, 5.74) is 6.49. The van der Waals surface area contributed by atoms with E-state index in [1.54, 1.807) is 0 Å². The average Bonchev–Trinajstić information content (AvgIpc) is 2.07. The number of rotatable bonds is 3. The minimum Gasteiger partial charge on any atom is -0.396 e. The molecule has 0 spiro atoms. The van der Waals surface area contributed by atoms with Crippen LogP contribution in [0.5, 0.6) is 0 Å². The van der Waals surface area contributed by atoms with E-state index in [1.807, 2.05) is 11.8 Å². The standard InChI is InChI=1S/C10H21NOS/c1-10(2)4-3-8(11)9(7-10)13-6-5-12/h8-9,12H,3-7,11H2,1-2H3. The van der Waals surface area contributed by atoms with Crippen LogP contribution >= 0.6 is 11.8 Å². The van der Waals surface area contributed by atoms with Crippen LogP contribution in [0.1, 0.15) is 33.1 Å². The van der Waals surface area contributed by atoms with Gasteiger partial charge in [0, 0.05) is 17.0 Å². The monoisotopic (exact) mass is 203 g/mol. The molecule has 0 amide bonds. The molecule has 0 aromatic carbocycles. The molecule has 1 saturated carbocycles. The van der Waals surface area contributed by atoms with Crippen molar-refractivity contribution in [3.63, 3.8) is 0 Å². The molecule has 1 rings (SSSR count). The Morgan fingerprint density at radius 1 is 1.54 bits per heavy atom. The van der Waals surface area contributed by atoms with E-state index < -0.39 is 0 Å². The van der Waals surface area contributed by atoms with E-state index in [4.69, 9.17) is 10.8 Å². The fraction of sp³-hybridized carbons (Fsp3) is 1.00. The molecule has 13 heavy (non-hydrogen) atoms. The SMILES string of the molecule is CC1(C)CCC(N)C(SCCO)C1. The van der Waals surface area contributed by atoms with E-state index in [0.717, 1.165) is 12.2 Å². The molecule has 0 heterocycles. The van der Waals surface area contributed by atoms with E-state index >= 15 is 0 Å². The third-order valence-corrected chi connectivity index (χ3v) is 4.17. The molecule has 2 unspecified atom stereocenters. The number of hydrogen-bond donors (Lipinski definition) is 2. The Hall–Kier alpha value is 0.270. The van der Waals surface area contributed by atoms with Crippen LogP contribution in [0.4, 0.5) is 0 Å². The Balaban J connectivity index is 2.41. The van der Waals surface area contributed by atoms with Crippen molar-refractivity contribution in [3.05, 3.63) is 0 Å². The van der Waals surface area contributed by atoms with Crippen LogP contribution < -0.4 is 5.73 Å². The highest BCUT2D eigenvalue weighted by Gasteiger charge is 2.32. The molecule has 0 aliphatic heterocycles. The number of aliphatic hydroxyl groups excluding tert-OH is 1. The van der Waals surface area contributed by atoms with Gasteiger partial charge in [-0.1, -0.05) is 13.8 Å². The Morgan fingerprint density at radius 2 is 2.23 bits per heavy atom. The topological polar surface area (TPSA) is 46.2 Å². The lowest BCUT2D eigenvalue weighted by molar-refractivity contribution is 0.232. The Labute approximate surface area is 85.3 Å². The average molecular weight is 203 g/mol. The lowest BCUT2D eigenvalue weighted by Crippen LogP contribution is -2.41. The second kappa shape index (κ2) is 4.67. The summed E-state index contributed by atoms with van der Waals surface area (Å²) in [4.78, 5) is 0. The fourth-order valence-electron chi connectivity index (χ4n) is 1.93. The van der Waals surface area contributed by atoms with Crippen LogP contribution in [-0.2, 0) is 0 Å². The first-order chi connectivity index (χ1) is 6.05. The van der Waals surface area contributed by atoms with Crippen molar-refractivity contribution in [1.82, 2.24) is 0 Å². The molecule has 3 heteroatoms. The van der Waals surface area contributed by atoms with Crippen molar-refractivity contribution in [2.75, 3.05) is 12.4 Å². The number of aliphatic hydroxyl groups is 1. The predicted molar refractivity (Wildman–Crippen MR) is 58.9 cm³/mol. The van der Waals surface area contributed by atoms with Crippen molar-refractivity contribution in [2.45, 2.75) is 44.4 Å². The van der Waals surface area contributed by atoms with Crippen LogP contribution in [0.25, 0.3) is 0 Å². The van der Waals surface area contributed by atoms with Gasteiger partial charge in [0.05, 0.1) is 6.61 Å². The second-order valence-electron chi connectivity index (χ2n) is 4.70. The van der Waals surface area contributed by atoms with Gasteiger partial charge in [0.15, 0.2) is 0 Å². The second-order valence-corrected chi connectivity index (χ2v) is 6.05. The summed E-state index contributed by atoms with van der Waals surface area (Å²) in [5, 5.41) is 9.30. The highest BCUT2D eigenvalue weighted by molar-refractivity contribution is 7.99. The van der Waals surface area contributed by atoms with Crippen molar-refractivity contribution >= 4 is 11.8 Å². The first kappa shape index (κ1) is 11.3. The van der Waals surface area contributed by atoms with Gasteiger partial charge >= 0.3 is 0 Å². The van der Waals surface area contributed by atoms with E-state index in [9.17, 15) is 0 Å². The van der Waals surface area contributed by atoms with E-state index in [2.05, 4.69) is 13.8 Å². The molecule has 0 radical (unpaired) electrons. The summed E-state index contributed by atoms with van der Waals surface area (Å²) < 4.78 is 0. The Morgan fingerprint density at radius 3 is 2.85 bits per heavy atom. The zero-order valence-corrected chi connectivity index (χ0v) is 9.44. The molecular weight excluding hydrogens is 182 g/mol. The largest absolute Gasteiger partial charge is 0.396 e. The lowest BCUT2D eigenvalue weighted by Gasteiger charge is -2.38. The van der Waals surface area contributed by atoms with E-state index in [1.165, 1.54) is 12.8 Å². The van der Waals surface area contributed by atoms with Crippen molar-refractivity contribution < 1.29 is 5.11 Å². The quantitative estimate of drug-likeness (QED) is 0.732. The maximum absolute atomic E-state index is 8.75. The molecule has 78 valence electrons. The van der Waals surface area contributed by atoms with E-state index in [0.29, 0.717) is 16.7 Å². The molecule has 1 aliphatic carbocycles. The van der Waals surface area contributed by atoms with Gasteiger partial charge in [0.25, 0.3) is 0 Å². The third-order valence-electron chi connectivity index (χ3n) is 2.81. The highest BCUT2D eigenvalue weighted by atomic mass is 32.2. The number of thioether (sulfide) groups is 1. The van der Waals surface area contributed by atoms with Gasteiger partial charge in [-0.05, 0) is 24.7 Å². The third kappa shape index (κ3) is 3.49. The summed E-state index contributed by atoms with van der Waals surface area (Å²) in [7, 11) is 0. The first-order valence-corrected chi connectivity index (χ1v) is 6.08. The highest BCUT2D eigenvalue weighted by Crippen LogP contribution is 2.39. The molecular formula is C10H21NOS. The molecule has 2 atom stereocenters. The maximum atomic E-state index is 8.75. The van der Waals surface area contributed by atoms with Crippen molar-refractivity contribution in [3.8, 4) is 0 Å². The Kier molecular flexibility index (Phi) is 4.07. The predicted octanol–water partition coefficient (Wildman–Crippen LogP) is 1.62. The molecule has 1 aliphatic rings. The zero-order chi connectivity index (χ0) is 9.90. The number of nitrogens with two attached hydrogens (primary N) is 1. The summed E-state index contributed by atoms with van der Waals surface area (Å²) in [6.07, 6.45) is 3.57. The van der Waals surface area contributed by atoms with Crippen molar-refractivity contribution in [2.24, 2.45) is 11.1 Å². The molecule has 2 nitrogen and oxygen atoms in total. The molecule has 0 aromatic rings. The van der Waals surface area contributed by atoms with Crippen LogP contribution in [0.15, 0.2) is 0 Å². The molecule has 3 N–H and O–H groups in total. The minimum absolute atomic E-state index is 0.272. The summed E-state index contributed by atoms with van der Waals surface area (Å²) in [6, 6.07) is 0.338. The van der Waals surface area contributed by atoms with Crippen LogP contribution in [0.2, 0.25) is 0 Å². The molecule has 0 saturated heterocycles. The molecule has 0 aromatic heterocycles. The molecule has 1 fully saturated rings. The zero-order valence-electron chi connectivity index (χ0n) is 8.62. The fourth-order valence-corrected chi connectivity index (χ4v) is 3.29. The van der Waals surface area contributed by atoms with E-state index in [-0.39, 0.29) is 6.61 Å². The summed E-state index contributed by atoms with van der Waals surface area (Å²) in [6.45, 7) is 4.89. The van der Waals surface area contributed by atoms with Gasteiger partial charge < -0.3 is 10.8 Å². The van der Waals surface area contributed by atoms with Gasteiger partial charge in [-0.25, -0.2) is 0 Å². The van der Waals surface area contributed by atoms with Gasteiger partial charge in [-0.15, -0.1) is 0 Å². The van der Waals surface area contributed by atoms with Gasteiger partial charge in [-0.2, -0.15) is 11.8 Å². The lowest BCUT2D eigenvalue weighted by atomic mass is 9.75. The number of hydrogen-bond acceptors (Lipinski definition) is 3. The van der Waals surface area contributed by atoms with Crippen LogP contribution in [-0.4, -0.2) is 28.8 Å². The first-order valence-electron chi connectivity index (χ1n) is 5.03. The normalized spacial score (nSPS) is 33.2. The summed E-state index contributed by atoms with van der Waals surface area (Å²) >= 11 is 1.83. The van der Waals surface area contributed by atoms with Gasteiger partial charge in [0.1, 0.15) is 0 Å². The Bertz CT molecular complexity index is 161. The summed E-state index contributed by atoms with van der Waals surface area (Å²) in [5.74, 6) is 0.828. The van der Waals surface area contributed by atoms with Crippen LogP contribution in [0.3, 0.4) is 0 Å². The molecule has 0 bridgehead atoms. The van der Waals surface area contributed by atoms with Crippen molar-refractivity contribution in [1.29, 1.82) is 0 Å². The van der Waals surface area contributed by atoms with Crippen LogP contribution in [0, 0.1) is 5.41 Å². The van der Waals surface area contributed by atoms with Gasteiger partial charge in [-0.3, -0.25) is 0 Å². The minimum atomic E-state index is 0.272. The van der Waals surface area contributed by atoms with Gasteiger partial charge in [0.2, 0.25) is 0 Å². The maximum Gasteiger partial charge on any atom is 0.0521 e.